The van der Waals surface area contributed by atoms with Crippen LogP contribution in [-0.2, 0) is 17.8 Å². The summed E-state index contributed by atoms with van der Waals surface area (Å²) in [7, 11) is 0. The van der Waals surface area contributed by atoms with Crippen LogP contribution >= 0.6 is 11.3 Å². The summed E-state index contributed by atoms with van der Waals surface area (Å²) in [5.41, 5.74) is 3.00. The maximum Gasteiger partial charge on any atom is 0.233 e. The Morgan fingerprint density at radius 2 is 2.00 bits per heavy atom. The van der Waals surface area contributed by atoms with Crippen LogP contribution in [0.1, 0.15) is 36.7 Å². The molecule has 2 aromatic heterocycles. The summed E-state index contributed by atoms with van der Waals surface area (Å²) in [6.45, 7) is 4.84. The van der Waals surface area contributed by atoms with Gasteiger partial charge in [-0.2, -0.15) is 0 Å². The molecule has 0 fully saturated rings. The van der Waals surface area contributed by atoms with E-state index in [0.717, 1.165) is 15.8 Å². The first kappa shape index (κ1) is 19.6. The molecule has 7 heteroatoms. The van der Waals surface area contributed by atoms with Crippen molar-refractivity contribution in [2.24, 2.45) is 0 Å². The second kappa shape index (κ2) is 8.07. The van der Waals surface area contributed by atoms with Gasteiger partial charge >= 0.3 is 0 Å². The topological polar surface area (TPSA) is 64.8 Å². The fourth-order valence-corrected chi connectivity index (χ4v) is 4.70. The van der Waals surface area contributed by atoms with E-state index in [1.807, 2.05) is 36.4 Å². The average Bonchev–Trinajstić information content (AvgIpc) is 3.50. The Kier molecular flexibility index (Phi) is 5.11. The Morgan fingerprint density at radius 1 is 1.13 bits per heavy atom. The lowest BCUT2D eigenvalue weighted by molar-refractivity contribution is -0.118. The van der Waals surface area contributed by atoms with Crippen molar-refractivity contribution in [1.82, 2.24) is 4.98 Å². The van der Waals surface area contributed by atoms with E-state index >= 15 is 0 Å². The molecular formula is C24H22N2O4S. The van der Waals surface area contributed by atoms with Crippen molar-refractivity contribution in [2.75, 3.05) is 11.7 Å². The van der Waals surface area contributed by atoms with Crippen LogP contribution in [0.2, 0.25) is 0 Å². The second-order valence-electron chi connectivity index (χ2n) is 7.77. The van der Waals surface area contributed by atoms with Crippen LogP contribution in [0.3, 0.4) is 0 Å². The molecule has 4 aromatic rings. The Bertz CT molecular complexity index is 1230. The van der Waals surface area contributed by atoms with Crippen molar-refractivity contribution in [2.45, 2.75) is 32.7 Å². The van der Waals surface area contributed by atoms with Crippen LogP contribution < -0.4 is 14.4 Å². The molecule has 0 unspecified atom stereocenters. The van der Waals surface area contributed by atoms with Gasteiger partial charge in [0.05, 0.1) is 29.4 Å². The number of hydrogen-bond donors (Lipinski definition) is 0. The maximum atomic E-state index is 13.4. The van der Waals surface area contributed by atoms with Gasteiger partial charge in [-0.1, -0.05) is 43.4 Å². The van der Waals surface area contributed by atoms with Crippen LogP contribution in [0.25, 0.3) is 10.2 Å². The number of nitrogens with zero attached hydrogens (tertiary/aromatic N) is 2. The van der Waals surface area contributed by atoms with Gasteiger partial charge in [0.2, 0.25) is 12.7 Å². The van der Waals surface area contributed by atoms with Gasteiger partial charge in [-0.05, 0) is 47.4 Å². The molecule has 1 amide bonds. The number of anilines is 1. The van der Waals surface area contributed by atoms with E-state index in [-0.39, 0.29) is 19.1 Å². The Morgan fingerprint density at radius 3 is 2.81 bits per heavy atom. The number of para-hydroxylation sites is 1. The molecule has 2 aromatic carbocycles. The Hall–Kier alpha value is -3.32. The number of hydrogen-bond acceptors (Lipinski definition) is 6. The Balaban J connectivity index is 1.49. The number of fused-ring (bicyclic) bond motifs is 2. The molecule has 5 rings (SSSR count). The van der Waals surface area contributed by atoms with Crippen molar-refractivity contribution >= 4 is 32.6 Å². The third kappa shape index (κ3) is 3.88. The molecule has 1 aliphatic heterocycles. The standard InChI is InChI=1S/C24H22N2O4S/c1-15(2)18-6-3-7-21-23(18)25-24(31-21)26(13-17-5-4-10-28-17)22(27)12-16-8-9-19-20(11-16)30-14-29-19/h3-11,15H,12-14H2,1-2H3. The minimum absolute atomic E-state index is 0.0552. The lowest BCUT2D eigenvalue weighted by atomic mass is 10.0. The van der Waals surface area contributed by atoms with Crippen LogP contribution in [0.4, 0.5) is 5.13 Å². The monoisotopic (exact) mass is 434 g/mol. The van der Waals surface area contributed by atoms with Crippen LogP contribution in [0, 0.1) is 0 Å². The molecule has 0 saturated carbocycles. The predicted molar refractivity (Wildman–Crippen MR) is 120 cm³/mol. The molecular weight excluding hydrogens is 412 g/mol. The molecule has 0 radical (unpaired) electrons. The van der Waals surface area contributed by atoms with Crippen molar-refractivity contribution < 1.29 is 18.7 Å². The number of rotatable bonds is 6. The summed E-state index contributed by atoms with van der Waals surface area (Å²) >= 11 is 1.53. The number of amides is 1. The molecule has 1 aliphatic rings. The van der Waals surface area contributed by atoms with Crippen LogP contribution in [-0.4, -0.2) is 17.7 Å². The van der Waals surface area contributed by atoms with E-state index in [1.165, 1.54) is 16.9 Å². The third-order valence-electron chi connectivity index (χ3n) is 5.28. The SMILES string of the molecule is CC(C)c1cccc2sc(N(Cc3ccco3)C(=O)Cc3ccc4c(c3)OCO4)nc12. The highest BCUT2D eigenvalue weighted by molar-refractivity contribution is 7.22. The molecule has 0 aliphatic carbocycles. The zero-order chi connectivity index (χ0) is 21.4. The fourth-order valence-electron chi connectivity index (χ4n) is 3.68. The average molecular weight is 435 g/mol. The number of ether oxygens (including phenoxy) is 2. The fraction of sp³-hybridized carbons (Fsp3) is 0.250. The lowest BCUT2D eigenvalue weighted by Crippen LogP contribution is -2.31. The summed E-state index contributed by atoms with van der Waals surface area (Å²) in [5.74, 6) is 2.38. The Labute approximate surface area is 184 Å². The minimum atomic E-state index is -0.0552. The predicted octanol–water partition coefficient (Wildman–Crippen LogP) is 5.52. The van der Waals surface area contributed by atoms with Crippen molar-refractivity contribution in [1.29, 1.82) is 0 Å². The highest BCUT2D eigenvalue weighted by atomic mass is 32.1. The maximum absolute atomic E-state index is 13.4. The number of thiazole rings is 1. The third-order valence-corrected chi connectivity index (χ3v) is 6.32. The van der Waals surface area contributed by atoms with Gasteiger partial charge in [0.1, 0.15) is 5.76 Å². The first-order valence-electron chi connectivity index (χ1n) is 10.2. The zero-order valence-electron chi connectivity index (χ0n) is 17.3. The first-order chi connectivity index (χ1) is 15.1. The van der Waals surface area contributed by atoms with Gasteiger partial charge < -0.3 is 13.9 Å². The van der Waals surface area contributed by atoms with Gasteiger partial charge in [-0.3, -0.25) is 9.69 Å². The molecule has 6 nitrogen and oxygen atoms in total. The van der Waals surface area contributed by atoms with Crippen LogP contribution in [0.15, 0.2) is 59.2 Å². The summed E-state index contributed by atoms with van der Waals surface area (Å²) in [4.78, 5) is 20.0. The molecule has 0 spiro atoms. The van der Waals surface area contributed by atoms with Gasteiger partial charge in [-0.25, -0.2) is 4.98 Å². The van der Waals surface area contributed by atoms with Gasteiger partial charge in [0, 0.05) is 0 Å². The van der Waals surface area contributed by atoms with E-state index in [9.17, 15) is 4.79 Å². The summed E-state index contributed by atoms with van der Waals surface area (Å²) in [6.07, 6.45) is 1.84. The largest absolute Gasteiger partial charge is 0.467 e. The number of carbonyl (C=O) groups is 1. The summed E-state index contributed by atoms with van der Waals surface area (Å²) < 4.78 is 17.4. The molecule has 31 heavy (non-hydrogen) atoms. The number of carbonyl (C=O) groups excluding carboxylic acids is 1. The molecule has 3 heterocycles. The minimum Gasteiger partial charge on any atom is -0.467 e. The van der Waals surface area contributed by atoms with Gasteiger partial charge in [0.25, 0.3) is 0 Å². The first-order valence-corrected chi connectivity index (χ1v) is 11.0. The quantitative estimate of drug-likeness (QED) is 0.400. The van der Waals surface area contributed by atoms with E-state index in [2.05, 4.69) is 26.0 Å². The smallest absolute Gasteiger partial charge is 0.233 e. The molecule has 0 saturated heterocycles. The van der Waals surface area contributed by atoms with Gasteiger partial charge in [0.15, 0.2) is 16.6 Å². The van der Waals surface area contributed by atoms with Crippen LogP contribution in [0.5, 0.6) is 11.5 Å². The zero-order valence-corrected chi connectivity index (χ0v) is 18.1. The second-order valence-corrected chi connectivity index (χ2v) is 8.78. The van der Waals surface area contributed by atoms with Gasteiger partial charge in [-0.15, -0.1) is 0 Å². The number of furan rings is 1. The van der Waals surface area contributed by atoms with Crippen molar-refractivity contribution in [3.05, 3.63) is 71.7 Å². The van der Waals surface area contributed by atoms with Crippen molar-refractivity contribution in [3.8, 4) is 11.5 Å². The summed E-state index contributed by atoms with van der Waals surface area (Å²) in [6, 6.07) is 15.5. The van der Waals surface area contributed by atoms with Crippen molar-refractivity contribution in [3.63, 3.8) is 0 Å². The normalized spacial score (nSPS) is 12.6. The summed E-state index contributed by atoms with van der Waals surface area (Å²) in [5, 5.41) is 0.672. The number of aromatic nitrogens is 1. The van der Waals surface area contributed by atoms with E-state index in [1.54, 1.807) is 11.2 Å². The molecule has 0 bridgehead atoms. The molecule has 158 valence electrons. The van der Waals surface area contributed by atoms with E-state index in [4.69, 9.17) is 18.9 Å². The molecule has 0 atom stereocenters. The van der Waals surface area contributed by atoms with E-state index < -0.39 is 0 Å². The number of benzene rings is 2. The lowest BCUT2D eigenvalue weighted by Gasteiger charge is -2.19. The highest BCUT2D eigenvalue weighted by Crippen LogP contribution is 2.35. The highest BCUT2D eigenvalue weighted by Gasteiger charge is 2.23. The van der Waals surface area contributed by atoms with E-state index in [0.29, 0.717) is 34.9 Å². The molecule has 0 N–H and O–H groups in total.